The van der Waals surface area contributed by atoms with Crippen LogP contribution < -0.4 is 5.32 Å². The summed E-state index contributed by atoms with van der Waals surface area (Å²) in [6, 6.07) is 0.600. The molecule has 1 atom stereocenters. The largest absolute Gasteiger partial charge is 0.309 e. The second-order valence-electron chi connectivity index (χ2n) is 3.73. The lowest BCUT2D eigenvalue weighted by Crippen LogP contribution is -2.32. The number of halogens is 1. The van der Waals surface area contributed by atoms with Crippen LogP contribution in [0.3, 0.4) is 0 Å². The van der Waals surface area contributed by atoms with Gasteiger partial charge in [0.25, 0.3) is 0 Å². The lowest BCUT2D eigenvalue weighted by molar-refractivity contribution is 0.394. The molecule has 2 heteroatoms. The van der Waals surface area contributed by atoms with Gasteiger partial charge in [-0.05, 0) is 25.7 Å². The van der Waals surface area contributed by atoms with E-state index in [9.17, 15) is 0 Å². The molecule has 1 fully saturated rings. The quantitative estimate of drug-likeness (QED) is 0.714. The third-order valence-electron chi connectivity index (χ3n) is 2.72. The Morgan fingerprint density at radius 2 is 2.17 bits per heavy atom. The minimum Gasteiger partial charge on any atom is -0.309 e. The van der Waals surface area contributed by atoms with E-state index in [0.29, 0.717) is 11.1 Å². The van der Waals surface area contributed by atoms with Crippen molar-refractivity contribution in [1.82, 2.24) is 5.32 Å². The van der Waals surface area contributed by atoms with Gasteiger partial charge in [0.05, 0.1) is 0 Å². The first-order valence-corrected chi connectivity index (χ1v) is 5.14. The fourth-order valence-electron chi connectivity index (χ4n) is 1.90. The second kappa shape index (κ2) is 4.88. The first kappa shape index (κ1) is 10.1. The highest BCUT2D eigenvalue weighted by Gasteiger charge is 2.20. The van der Waals surface area contributed by atoms with E-state index in [1.165, 1.54) is 25.7 Å². The predicted octanol–water partition coefficient (Wildman–Crippen LogP) is 2.91. The summed E-state index contributed by atoms with van der Waals surface area (Å²) < 4.78 is 0. The lowest BCUT2D eigenvalue weighted by Gasteiger charge is -2.19. The third kappa shape index (κ3) is 3.16. The average molecular weight is 188 g/mol. The summed E-state index contributed by atoms with van der Waals surface area (Å²) in [6.45, 7) is 6.65. The first-order valence-electron chi connectivity index (χ1n) is 4.77. The molecule has 70 valence electrons. The molecule has 1 saturated carbocycles. The van der Waals surface area contributed by atoms with E-state index in [-0.39, 0.29) is 0 Å². The monoisotopic (exact) mass is 187 g/mol. The van der Waals surface area contributed by atoms with Gasteiger partial charge < -0.3 is 5.32 Å². The van der Waals surface area contributed by atoms with E-state index in [4.69, 9.17) is 11.6 Å². The highest BCUT2D eigenvalue weighted by Crippen LogP contribution is 2.27. The number of nitrogens with one attached hydrogen (secondary N) is 1. The molecule has 1 aliphatic rings. The first-order chi connectivity index (χ1) is 5.70. The van der Waals surface area contributed by atoms with Crippen molar-refractivity contribution in [2.24, 2.45) is 5.92 Å². The van der Waals surface area contributed by atoms with Crippen LogP contribution >= 0.6 is 11.6 Å². The van der Waals surface area contributed by atoms with Gasteiger partial charge in [-0.1, -0.05) is 31.0 Å². The molecule has 1 aliphatic carbocycles. The maximum atomic E-state index is 5.67. The fraction of sp³-hybridized carbons (Fsp3) is 0.800. The second-order valence-corrected chi connectivity index (χ2v) is 4.27. The summed E-state index contributed by atoms with van der Waals surface area (Å²) in [4.78, 5) is 0. The molecule has 0 aromatic rings. The number of rotatable bonds is 4. The minimum absolute atomic E-state index is 0.600. The molecular formula is C10H18ClN. The van der Waals surface area contributed by atoms with Crippen LogP contribution in [-0.2, 0) is 0 Å². The molecule has 12 heavy (non-hydrogen) atoms. The van der Waals surface area contributed by atoms with E-state index in [1.54, 1.807) is 0 Å². The summed E-state index contributed by atoms with van der Waals surface area (Å²) >= 11 is 5.67. The Morgan fingerprint density at radius 1 is 1.58 bits per heavy atom. The van der Waals surface area contributed by atoms with Crippen molar-refractivity contribution in [2.75, 3.05) is 6.54 Å². The molecule has 0 unspecified atom stereocenters. The van der Waals surface area contributed by atoms with Crippen LogP contribution in [0.5, 0.6) is 0 Å². The molecule has 1 nitrogen and oxygen atoms in total. The van der Waals surface area contributed by atoms with E-state index >= 15 is 0 Å². The van der Waals surface area contributed by atoms with Crippen LogP contribution in [0.25, 0.3) is 0 Å². The van der Waals surface area contributed by atoms with Crippen molar-refractivity contribution >= 4 is 11.6 Å². The molecule has 1 N–H and O–H groups in total. The summed E-state index contributed by atoms with van der Waals surface area (Å²) in [6.07, 6.45) is 5.56. The minimum atomic E-state index is 0.600. The Hall–Kier alpha value is -0.0100. The van der Waals surface area contributed by atoms with E-state index in [0.717, 1.165) is 12.5 Å². The van der Waals surface area contributed by atoms with Crippen LogP contribution in [0.2, 0.25) is 0 Å². The van der Waals surface area contributed by atoms with Gasteiger partial charge in [-0.15, -0.1) is 0 Å². The highest BCUT2D eigenvalue weighted by atomic mass is 35.5. The smallest absolute Gasteiger partial charge is 0.0310 e. The molecule has 0 aromatic heterocycles. The molecule has 1 rings (SSSR count). The van der Waals surface area contributed by atoms with Gasteiger partial charge in [0.1, 0.15) is 0 Å². The zero-order chi connectivity index (χ0) is 8.97. The van der Waals surface area contributed by atoms with Gasteiger partial charge >= 0.3 is 0 Å². The van der Waals surface area contributed by atoms with Crippen LogP contribution in [0, 0.1) is 5.92 Å². The van der Waals surface area contributed by atoms with Gasteiger partial charge in [0, 0.05) is 17.6 Å². The van der Waals surface area contributed by atoms with Crippen molar-refractivity contribution in [3.8, 4) is 0 Å². The molecule has 0 spiro atoms. The van der Waals surface area contributed by atoms with Gasteiger partial charge in [-0.25, -0.2) is 0 Å². The lowest BCUT2D eigenvalue weighted by atomic mass is 10.00. The molecule has 0 aliphatic heterocycles. The summed E-state index contributed by atoms with van der Waals surface area (Å²) in [7, 11) is 0. The predicted molar refractivity (Wildman–Crippen MR) is 54.4 cm³/mol. The van der Waals surface area contributed by atoms with Gasteiger partial charge in [0.2, 0.25) is 0 Å². The van der Waals surface area contributed by atoms with Crippen molar-refractivity contribution in [1.29, 1.82) is 0 Å². The maximum absolute atomic E-state index is 5.67. The number of hydrogen-bond donors (Lipinski definition) is 1. The van der Waals surface area contributed by atoms with Gasteiger partial charge in [-0.2, -0.15) is 0 Å². The van der Waals surface area contributed by atoms with Gasteiger partial charge in [0.15, 0.2) is 0 Å². The Morgan fingerprint density at radius 3 is 2.67 bits per heavy atom. The van der Waals surface area contributed by atoms with Crippen LogP contribution in [0.15, 0.2) is 11.6 Å². The molecule has 0 saturated heterocycles. The maximum Gasteiger partial charge on any atom is 0.0310 e. The Kier molecular flexibility index (Phi) is 4.10. The normalized spacial score (nSPS) is 21.2. The molecule has 0 bridgehead atoms. The Labute approximate surface area is 80.2 Å². The Balaban J connectivity index is 2.17. The molecule has 0 heterocycles. The van der Waals surface area contributed by atoms with Crippen molar-refractivity contribution in [2.45, 2.75) is 38.6 Å². The topological polar surface area (TPSA) is 12.0 Å². The number of hydrogen-bond acceptors (Lipinski definition) is 1. The average Bonchev–Trinajstić information content (AvgIpc) is 2.51. The zero-order valence-electron chi connectivity index (χ0n) is 7.78. The molecular weight excluding hydrogens is 170 g/mol. The van der Waals surface area contributed by atoms with Crippen molar-refractivity contribution in [3.63, 3.8) is 0 Å². The zero-order valence-corrected chi connectivity index (χ0v) is 8.53. The summed E-state index contributed by atoms with van der Waals surface area (Å²) in [5.41, 5.74) is 0. The highest BCUT2D eigenvalue weighted by molar-refractivity contribution is 6.29. The molecule has 0 radical (unpaired) electrons. The summed E-state index contributed by atoms with van der Waals surface area (Å²) in [5, 5.41) is 4.10. The van der Waals surface area contributed by atoms with E-state index < -0.39 is 0 Å². The van der Waals surface area contributed by atoms with E-state index in [2.05, 4.69) is 18.8 Å². The van der Waals surface area contributed by atoms with Gasteiger partial charge in [-0.3, -0.25) is 0 Å². The van der Waals surface area contributed by atoms with Crippen molar-refractivity contribution in [3.05, 3.63) is 11.6 Å². The molecule has 0 aromatic carbocycles. The fourth-order valence-corrected chi connectivity index (χ4v) is 1.97. The van der Waals surface area contributed by atoms with Crippen LogP contribution in [-0.4, -0.2) is 12.6 Å². The Bertz CT molecular complexity index is 150. The van der Waals surface area contributed by atoms with Crippen molar-refractivity contribution < 1.29 is 0 Å². The SMILES string of the molecule is C=C(Cl)CN[C@H](C)C1CCCC1. The summed E-state index contributed by atoms with van der Waals surface area (Å²) in [5.74, 6) is 0.862. The van der Waals surface area contributed by atoms with Crippen LogP contribution in [0.1, 0.15) is 32.6 Å². The van der Waals surface area contributed by atoms with E-state index in [1.807, 2.05) is 0 Å². The molecule has 0 amide bonds. The standard InChI is InChI=1S/C10H18ClN/c1-8(11)7-12-9(2)10-5-3-4-6-10/h9-10,12H,1,3-7H2,2H3/t9-/m1/s1. The third-order valence-corrected chi connectivity index (χ3v) is 2.86. The van der Waals surface area contributed by atoms with Crippen LogP contribution in [0.4, 0.5) is 0 Å².